The van der Waals surface area contributed by atoms with Gasteiger partial charge in [-0.25, -0.2) is 0 Å². The smallest absolute Gasteiger partial charge is 0.271 e. The first-order valence-electron chi connectivity index (χ1n) is 7.79. The van der Waals surface area contributed by atoms with Crippen molar-refractivity contribution in [3.63, 3.8) is 0 Å². The Morgan fingerprint density at radius 1 is 1.25 bits per heavy atom. The number of halogens is 1. The number of carbonyl (C=O) groups excluding carboxylic acids is 1. The predicted molar refractivity (Wildman–Crippen MR) is 121 cm³/mol. The number of hydrogen-bond acceptors (Lipinski definition) is 7. The summed E-state index contributed by atoms with van der Waals surface area (Å²) in [6, 6.07) is 9.45. The standard InChI is InChI=1S/C18H13IN2O5S2/c1-25-14-7-10(6-13(19)16(14)26-2)8-15-17(22)20(18(27)28-15)11-4-3-5-12(9-11)21(23)24/h3-9H,1-2H3/b15-8-. The first-order chi connectivity index (χ1) is 13.3. The zero-order valence-electron chi connectivity index (χ0n) is 14.7. The second kappa shape index (κ2) is 8.45. The van der Waals surface area contributed by atoms with Crippen molar-refractivity contribution in [2.45, 2.75) is 0 Å². The molecule has 0 aromatic heterocycles. The van der Waals surface area contributed by atoms with Crippen LogP contribution in [0.4, 0.5) is 11.4 Å². The third-order valence-corrected chi connectivity index (χ3v) is 5.95. The Kier molecular flexibility index (Phi) is 6.20. The Labute approximate surface area is 184 Å². The van der Waals surface area contributed by atoms with Crippen LogP contribution in [0.2, 0.25) is 0 Å². The van der Waals surface area contributed by atoms with Crippen LogP contribution in [0.1, 0.15) is 5.56 Å². The molecule has 2 aromatic rings. The molecular formula is C18H13IN2O5S2. The number of non-ortho nitro benzene ring substituents is 1. The van der Waals surface area contributed by atoms with E-state index in [1.54, 1.807) is 32.4 Å². The van der Waals surface area contributed by atoms with E-state index in [9.17, 15) is 14.9 Å². The van der Waals surface area contributed by atoms with E-state index >= 15 is 0 Å². The second-order valence-electron chi connectivity index (χ2n) is 5.53. The molecule has 1 aliphatic heterocycles. The Morgan fingerprint density at radius 2 is 2.00 bits per heavy atom. The lowest BCUT2D eigenvalue weighted by Crippen LogP contribution is -2.27. The summed E-state index contributed by atoms with van der Waals surface area (Å²) in [6.45, 7) is 0. The van der Waals surface area contributed by atoms with Crippen LogP contribution in [-0.2, 0) is 4.79 Å². The lowest BCUT2D eigenvalue weighted by molar-refractivity contribution is -0.384. The maximum absolute atomic E-state index is 12.9. The highest BCUT2D eigenvalue weighted by Crippen LogP contribution is 2.39. The molecule has 1 amide bonds. The van der Waals surface area contributed by atoms with E-state index in [0.717, 1.165) is 20.9 Å². The number of hydrogen-bond donors (Lipinski definition) is 0. The number of anilines is 1. The van der Waals surface area contributed by atoms with Crippen molar-refractivity contribution in [3.8, 4) is 11.5 Å². The highest BCUT2D eigenvalue weighted by Gasteiger charge is 2.34. The molecule has 0 bridgehead atoms. The zero-order chi connectivity index (χ0) is 20.4. The number of methoxy groups -OCH3 is 2. The monoisotopic (exact) mass is 528 g/mol. The molecule has 0 unspecified atom stereocenters. The summed E-state index contributed by atoms with van der Waals surface area (Å²) in [5.41, 5.74) is 1.01. The molecule has 1 fully saturated rings. The fraction of sp³-hybridized carbons (Fsp3) is 0.111. The average molecular weight is 528 g/mol. The number of carbonyl (C=O) groups is 1. The minimum Gasteiger partial charge on any atom is -0.493 e. The lowest BCUT2D eigenvalue weighted by Gasteiger charge is -2.14. The van der Waals surface area contributed by atoms with Gasteiger partial charge in [-0.2, -0.15) is 0 Å². The zero-order valence-corrected chi connectivity index (χ0v) is 18.5. The van der Waals surface area contributed by atoms with Crippen molar-refractivity contribution >= 4 is 74.2 Å². The van der Waals surface area contributed by atoms with Gasteiger partial charge in [0.25, 0.3) is 11.6 Å². The van der Waals surface area contributed by atoms with Crippen molar-refractivity contribution in [2.75, 3.05) is 19.1 Å². The number of nitro groups is 1. The van der Waals surface area contributed by atoms with Crippen molar-refractivity contribution in [2.24, 2.45) is 0 Å². The molecule has 1 saturated heterocycles. The van der Waals surface area contributed by atoms with Gasteiger partial charge in [-0.3, -0.25) is 19.8 Å². The van der Waals surface area contributed by atoms with Crippen molar-refractivity contribution in [3.05, 3.63) is 60.6 Å². The van der Waals surface area contributed by atoms with E-state index in [-0.39, 0.29) is 11.6 Å². The Morgan fingerprint density at radius 3 is 2.64 bits per heavy atom. The van der Waals surface area contributed by atoms with Gasteiger partial charge in [0.15, 0.2) is 15.8 Å². The largest absolute Gasteiger partial charge is 0.493 e. The molecule has 0 aliphatic carbocycles. The number of amides is 1. The molecule has 3 rings (SSSR count). The number of thioether (sulfide) groups is 1. The van der Waals surface area contributed by atoms with Crippen LogP contribution < -0.4 is 14.4 Å². The first-order valence-corrected chi connectivity index (χ1v) is 10.1. The highest BCUT2D eigenvalue weighted by atomic mass is 127. The molecule has 0 atom stereocenters. The van der Waals surface area contributed by atoms with E-state index in [1.807, 2.05) is 6.07 Å². The maximum Gasteiger partial charge on any atom is 0.271 e. The summed E-state index contributed by atoms with van der Waals surface area (Å²) < 4.78 is 11.8. The fourth-order valence-corrected chi connectivity index (χ4v) is 4.75. The number of benzene rings is 2. The van der Waals surface area contributed by atoms with E-state index in [0.29, 0.717) is 26.4 Å². The van der Waals surface area contributed by atoms with E-state index < -0.39 is 4.92 Å². The van der Waals surface area contributed by atoms with Gasteiger partial charge in [0.1, 0.15) is 0 Å². The van der Waals surface area contributed by atoms with Gasteiger partial charge >= 0.3 is 0 Å². The fourth-order valence-electron chi connectivity index (χ4n) is 2.61. The Balaban J connectivity index is 1.97. The Hall–Kier alpha value is -2.18. The van der Waals surface area contributed by atoms with Crippen molar-refractivity contribution in [1.29, 1.82) is 0 Å². The molecular weight excluding hydrogens is 515 g/mol. The van der Waals surface area contributed by atoms with Crippen LogP contribution in [0, 0.1) is 13.7 Å². The topological polar surface area (TPSA) is 81.9 Å². The number of ether oxygens (including phenoxy) is 2. The summed E-state index contributed by atoms with van der Waals surface area (Å²) in [6.07, 6.45) is 1.71. The van der Waals surface area contributed by atoms with Gasteiger partial charge in [-0.15, -0.1) is 0 Å². The molecule has 28 heavy (non-hydrogen) atoms. The number of thiocarbonyl (C=S) groups is 1. The summed E-state index contributed by atoms with van der Waals surface area (Å²) >= 11 is 8.59. The van der Waals surface area contributed by atoms with E-state index in [4.69, 9.17) is 21.7 Å². The molecule has 10 heteroatoms. The summed E-state index contributed by atoms with van der Waals surface area (Å²) in [5.74, 6) is 0.833. The summed E-state index contributed by atoms with van der Waals surface area (Å²) in [5, 5.41) is 11.0. The van der Waals surface area contributed by atoms with Crippen LogP contribution in [0.25, 0.3) is 6.08 Å². The van der Waals surface area contributed by atoms with Crippen LogP contribution in [0.15, 0.2) is 41.3 Å². The average Bonchev–Trinajstić information content (AvgIpc) is 2.94. The molecule has 0 N–H and O–H groups in total. The molecule has 1 heterocycles. The van der Waals surface area contributed by atoms with Crippen LogP contribution >= 0.6 is 46.6 Å². The van der Waals surface area contributed by atoms with Gasteiger partial charge in [0.2, 0.25) is 0 Å². The van der Waals surface area contributed by atoms with Gasteiger partial charge in [0.05, 0.1) is 33.3 Å². The molecule has 144 valence electrons. The molecule has 1 aliphatic rings. The van der Waals surface area contributed by atoms with E-state index in [2.05, 4.69) is 22.6 Å². The second-order valence-corrected chi connectivity index (χ2v) is 8.37. The molecule has 0 radical (unpaired) electrons. The molecule has 0 spiro atoms. The Bertz CT molecular complexity index is 1030. The normalized spacial score (nSPS) is 15.2. The lowest BCUT2D eigenvalue weighted by atomic mass is 10.1. The molecule has 7 nitrogen and oxygen atoms in total. The van der Waals surface area contributed by atoms with Gasteiger partial charge in [0, 0.05) is 12.1 Å². The minimum atomic E-state index is -0.511. The van der Waals surface area contributed by atoms with Crippen LogP contribution in [0.5, 0.6) is 11.5 Å². The van der Waals surface area contributed by atoms with Gasteiger partial charge in [-0.05, 0) is 52.4 Å². The predicted octanol–water partition coefficient (Wildman–Crippen LogP) is 4.62. The SMILES string of the molecule is COc1cc(/C=C2\SC(=S)N(c3cccc([N+](=O)[O-])c3)C2=O)cc(I)c1OC. The first kappa shape index (κ1) is 20.6. The van der Waals surface area contributed by atoms with Crippen molar-refractivity contribution in [1.82, 2.24) is 0 Å². The quantitative estimate of drug-likeness (QED) is 0.184. The molecule has 0 saturated carbocycles. The third-order valence-electron chi connectivity index (χ3n) is 3.85. The molecule has 2 aromatic carbocycles. The minimum absolute atomic E-state index is 0.107. The number of rotatable bonds is 5. The van der Waals surface area contributed by atoms with Crippen molar-refractivity contribution < 1.29 is 19.2 Å². The highest BCUT2D eigenvalue weighted by molar-refractivity contribution is 14.1. The maximum atomic E-state index is 12.9. The van der Waals surface area contributed by atoms with Crippen LogP contribution in [0.3, 0.4) is 0 Å². The van der Waals surface area contributed by atoms with Gasteiger partial charge < -0.3 is 9.47 Å². The summed E-state index contributed by atoms with van der Waals surface area (Å²) in [4.78, 5) is 25.1. The van der Waals surface area contributed by atoms with Crippen LogP contribution in [-0.4, -0.2) is 29.4 Å². The van der Waals surface area contributed by atoms with Gasteiger partial charge in [-0.1, -0.05) is 30.0 Å². The van der Waals surface area contributed by atoms with E-state index in [1.165, 1.54) is 23.1 Å². The number of nitrogens with zero attached hydrogens (tertiary/aromatic N) is 2. The number of nitro benzene ring substituents is 1. The third kappa shape index (κ3) is 3.98. The summed E-state index contributed by atoms with van der Waals surface area (Å²) in [7, 11) is 3.10.